The topological polar surface area (TPSA) is 24.5 Å². The summed E-state index contributed by atoms with van der Waals surface area (Å²) in [5, 5.41) is 3.57. The molecule has 1 aromatic rings. The fourth-order valence-corrected chi connectivity index (χ4v) is 2.04. The first kappa shape index (κ1) is 17.0. The van der Waals surface area contributed by atoms with Gasteiger partial charge in [-0.3, -0.25) is 0 Å². The highest BCUT2D eigenvalue weighted by Crippen LogP contribution is 2.17. The van der Waals surface area contributed by atoms with E-state index in [1.54, 1.807) is 0 Å². The normalized spacial score (nSPS) is 12.7. The molecular formula is C17H30N2O. The summed E-state index contributed by atoms with van der Waals surface area (Å²) in [4.78, 5) is 2.12. The first-order chi connectivity index (χ1) is 9.50. The SMILES string of the molecule is CC(C)OCCCCNC(C)c1ccc(N(C)C)cc1. The molecule has 1 aromatic carbocycles. The van der Waals surface area contributed by atoms with Gasteiger partial charge in [-0.2, -0.15) is 0 Å². The molecule has 0 bridgehead atoms. The van der Waals surface area contributed by atoms with E-state index in [9.17, 15) is 0 Å². The van der Waals surface area contributed by atoms with Gasteiger partial charge in [0.15, 0.2) is 0 Å². The number of unbranched alkanes of at least 4 members (excludes halogenated alkanes) is 1. The molecule has 0 spiro atoms. The van der Waals surface area contributed by atoms with Crippen LogP contribution in [0.4, 0.5) is 5.69 Å². The van der Waals surface area contributed by atoms with Crippen LogP contribution < -0.4 is 10.2 Å². The van der Waals surface area contributed by atoms with Crippen molar-refractivity contribution in [1.82, 2.24) is 5.32 Å². The second kappa shape index (κ2) is 8.98. The van der Waals surface area contributed by atoms with Gasteiger partial charge in [-0.25, -0.2) is 0 Å². The van der Waals surface area contributed by atoms with Crippen molar-refractivity contribution < 1.29 is 4.74 Å². The lowest BCUT2D eigenvalue weighted by molar-refractivity contribution is 0.0759. The second-order valence-corrected chi connectivity index (χ2v) is 5.79. The Labute approximate surface area is 124 Å². The summed E-state index contributed by atoms with van der Waals surface area (Å²) in [7, 11) is 4.13. The molecule has 0 aliphatic rings. The second-order valence-electron chi connectivity index (χ2n) is 5.79. The van der Waals surface area contributed by atoms with Crippen molar-refractivity contribution in [3.63, 3.8) is 0 Å². The summed E-state index contributed by atoms with van der Waals surface area (Å²) < 4.78 is 5.54. The van der Waals surface area contributed by atoms with Crippen molar-refractivity contribution >= 4 is 5.69 Å². The number of nitrogens with one attached hydrogen (secondary N) is 1. The monoisotopic (exact) mass is 278 g/mol. The largest absolute Gasteiger partial charge is 0.379 e. The first-order valence-corrected chi connectivity index (χ1v) is 7.63. The molecule has 1 unspecified atom stereocenters. The van der Waals surface area contributed by atoms with Crippen LogP contribution in [-0.2, 0) is 4.74 Å². The molecular weight excluding hydrogens is 248 g/mol. The fraction of sp³-hybridized carbons (Fsp3) is 0.647. The number of benzene rings is 1. The number of hydrogen-bond acceptors (Lipinski definition) is 3. The zero-order valence-corrected chi connectivity index (χ0v) is 13.6. The Morgan fingerprint density at radius 3 is 2.25 bits per heavy atom. The predicted octanol–water partition coefficient (Wildman–Crippen LogP) is 3.61. The van der Waals surface area contributed by atoms with Crippen LogP contribution in [0.1, 0.15) is 45.2 Å². The molecule has 0 heterocycles. The molecule has 1 atom stereocenters. The number of hydrogen-bond donors (Lipinski definition) is 1. The van der Waals surface area contributed by atoms with Crippen molar-refractivity contribution in [1.29, 1.82) is 0 Å². The number of ether oxygens (including phenoxy) is 1. The molecule has 114 valence electrons. The lowest BCUT2D eigenvalue weighted by atomic mass is 10.1. The van der Waals surface area contributed by atoms with Crippen molar-refractivity contribution in [2.45, 2.75) is 45.8 Å². The van der Waals surface area contributed by atoms with Crippen LogP contribution in [0.3, 0.4) is 0 Å². The summed E-state index contributed by atoms with van der Waals surface area (Å²) in [5.41, 5.74) is 2.58. The van der Waals surface area contributed by atoms with Gasteiger partial charge in [0.1, 0.15) is 0 Å². The molecule has 0 aliphatic carbocycles. The molecule has 0 radical (unpaired) electrons. The lowest BCUT2D eigenvalue weighted by Gasteiger charge is -2.17. The zero-order chi connectivity index (χ0) is 15.0. The standard InChI is InChI=1S/C17H30N2O/c1-14(2)20-13-7-6-12-18-15(3)16-8-10-17(11-9-16)19(4)5/h8-11,14-15,18H,6-7,12-13H2,1-5H3. The summed E-state index contributed by atoms with van der Waals surface area (Å²) in [6.45, 7) is 8.29. The van der Waals surface area contributed by atoms with Crippen LogP contribution in [0, 0.1) is 0 Å². The molecule has 3 heteroatoms. The molecule has 0 fully saturated rings. The van der Waals surface area contributed by atoms with Crippen molar-refractivity contribution in [2.24, 2.45) is 0 Å². The number of anilines is 1. The minimum atomic E-state index is 0.345. The smallest absolute Gasteiger partial charge is 0.0518 e. The third kappa shape index (κ3) is 6.40. The molecule has 20 heavy (non-hydrogen) atoms. The Bertz CT molecular complexity index is 360. The minimum Gasteiger partial charge on any atom is -0.379 e. The Morgan fingerprint density at radius 1 is 1.05 bits per heavy atom. The van der Waals surface area contributed by atoms with Crippen LogP contribution in [-0.4, -0.2) is 33.4 Å². The average Bonchev–Trinajstić information content (AvgIpc) is 2.42. The molecule has 3 nitrogen and oxygen atoms in total. The van der Waals surface area contributed by atoms with E-state index < -0.39 is 0 Å². The van der Waals surface area contributed by atoms with Gasteiger partial charge in [0.2, 0.25) is 0 Å². The van der Waals surface area contributed by atoms with Crippen LogP contribution in [0.5, 0.6) is 0 Å². The van der Waals surface area contributed by atoms with Crippen LogP contribution in [0.2, 0.25) is 0 Å². The highest BCUT2D eigenvalue weighted by Gasteiger charge is 2.04. The van der Waals surface area contributed by atoms with Crippen LogP contribution in [0.15, 0.2) is 24.3 Å². The summed E-state index contributed by atoms with van der Waals surface area (Å²) in [5.74, 6) is 0. The van der Waals surface area contributed by atoms with E-state index in [0.29, 0.717) is 12.1 Å². The molecule has 0 saturated heterocycles. The van der Waals surface area contributed by atoms with Crippen LogP contribution >= 0.6 is 0 Å². The van der Waals surface area contributed by atoms with Gasteiger partial charge in [-0.05, 0) is 57.9 Å². The predicted molar refractivity (Wildman–Crippen MR) is 87.5 cm³/mol. The van der Waals surface area contributed by atoms with Gasteiger partial charge < -0.3 is 15.0 Å². The van der Waals surface area contributed by atoms with E-state index in [4.69, 9.17) is 4.74 Å². The fourth-order valence-electron chi connectivity index (χ4n) is 2.04. The van der Waals surface area contributed by atoms with Crippen molar-refractivity contribution in [3.05, 3.63) is 29.8 Å². The highest BCUT2D eigenvalue weighted by molar-refractivity contribution is 5.46. The van der Waals surface area contributed by atoms with Crippen molar-refractivity contribution in [2.75, 3.05) is 32.1 Å². The Morgan fingerprint density at radius 2 is 1.70 bits per heavy atom. The quantitative estimate of drug-likeness (QED) is 0.698. The summed E-state index contributed by atoms with van der Waals surface area (Å²) in [6, 6.07) is 9.15. The van der Waals surface area contributed by atoms with E-state index >= 15 is 0 Å². The van der Waals surface area contributed by atoms with E-state index in [2.05, 4.69) is 69.3 Å². The molecule has 0 aromatic heterocycles. The third-order valence-electron chi connectivity index (χ3n) is 3.38. The maximum atomic E-state index is 5.54. The van der Waals surface area contributed by atoms with Gasteiger partial charge in [0.05, 0.1) is 6.10 Å². The lowest BCUT2D eigenvalue weighted by Crippen LogP contribution is -2.20. The third-order valence-corrected chi connectivity index (χ3v) is 3.38. The van der Waals surface area contributed by atoms with E-state index in [-0.39, 0.29) is 0 Å². The zero-order valence-electron chi connectivity index (χ0n) is 13.6. The van der Waals surface area contributed by atoms with Gasteiger partial charge >= 0.3 is 0 Å². The van der Waals surface area contributed by atoms with E-state index in [1.807, 2.05) is 0 Å². The molecule has 0 aliphatic heterocycles. The Hall–Kier alpha value is -1.06. The summed E-state index contributed by atoms with van der Waals surface area (Å²) in [6.07, 6.45) is 2.63. The molecule has 0 saturated carbocycles. The Kier molecular flexibility index (Phi) is 7.63. The number of nitrogens with zero attached hydrogens (tertiary/aromatic N) is 1. The van der Waals surface area contributed by atoms with Gasteiger partial charge in [-0.15, -0.1) is 0 Å². The molecule has 1 N–H and O–H groups in total. The maximum Gasteiger partial charge on any atom is 0.0518 e. The van der Waals surface area contributed by atoms with Crippen LogP contribution in [0.25, 0.3) is 0 Å². The summed E-state index contributed by atoms with van der Waals surface area (Å²) >= 11 is 0. The first-order valence-electron chi connectivity index (χ1n) is 7.63. The number of rotatable bonds is 9. The van der Waals surface area contributed by atoms with Gasteiger partial charge in [0, 0.05) is 32.4 Å². The average molecular weight is 278 g/mol. The highest BCUT2D eigenvalue weighted by atomic mass is 16.5. The van der Waals surface area contributed by atoms with Crippen molar-refractivity contribution in [3.8, 4) is 0 Å². The van der Waals surface area contributed by atoms with E-state index in [0.717, 1.165) is 26.0 Å². The molecule has 0 amide bonds. The van der Waals surface area contributed by atoms with Gasteiger partial charge in [-0.1, -0.05) is 12.1 Å². The Balaban J connectivity index is 2.23. The van der Waals surface area contributed by atoms with Gasteiger partial charge in [0.25, 0.3) is 0 Å². The minimum absolute atomic E-state index is 0.345. The maximum absolute atomic E-state index is 5.54. The van der Waals surface area contributed by atoms with E-state index in [1.165, 1.54) is 11.3 Å². The molecule has 1 rings (SSSR count).